The first-order valence-corrected chi connectivity index (χ1v) is 6.77. The number of carbonyl (C=O) groups is 1. The maximum Gasteiger partial charge on any atom is 0.261 e. The summed E-state index contributed by atoms with van der Waals surface area (Å²) in [6.07, 6.45) is 4.83. The quantitative estimate of drug-likeness (QED) is 0.818. The zero-order valence-corrected chi connectivity index (χ0v) is 11.5. The molecule has 1 aliphatic rings. The third-order valence-corrected chi connectivity index (χ3v) is 3.52. The van der Waals surface area contributed by atoms with Crippen LogP contribution in [0.25, 0.3) is 0 Å². The van der Waals surface area contributed by atoms with Gasteiger partial charge in [0.25, 0.3) is 5.56 Å². The molecule has 102 valence electrons. The molecule has 0 spiro atoms. The van der Waals surface area contributed by atoms with Gasteiger partial charge in [-0.3, -0.25) is 9.59 Å². The number of amides is 1. The number of thiocarbonyl (C=S) groups is 1. The number of nitrogens with two attached hydrogens (primary N) is 1. The van der Waals surface area contributed by atoms with Crippen LogP contribution < -0.4 is 11.3 Å². The molecule has 2 heterocycles. The van der Waals surface area contributed by atoms with Crippen LogP contribution in [-0.2, 0) is 11.3 Å². The normalized spacial score (nSPS) is 15.3. The summed E-state index contributed by atoms with van der Waals surface area (Å²) in [5, 5.41) is 0. The van der Waals surface area contributed by atoms with Crippen molar-refractivity contribution >= 4 is 23.1 Å². The van der Waals surface area contributed by atoms with Gasteiger partial charge in [0.2, 0.25) is 5.91 Å². The molecular formula is C13H17N3O2S. The van der Waals surface area contributed by atoms with Gasteiger partial charge >= 0.3 is 0 Å². The molecule has 0 bridgehead atoms. The fourth-order valence-electron chi connectivity index (χ4n) is 2.24. The average molecular weight is 279 g/mol. The van der Waals surface area contributed by atoms with E-state index in [9.17, 15) is 9.59 Å². The number of hydrogen-bond acceptors (Lipinski definition) is 3. The topological polar surface area (TPSA) is 68.3 Å². The lowest BCUT2D eigenvalue weighted by atomic mass is 10.1. The number of pyridine rings is 1. The van der Waals surface area contributed by atoms with Crippen molar-refractivity contribution in [1.82, 2.24) is 9.47 Å². The van der Waals surface area contributed by atoms with Crippen LogP contribution in [0.3, 0.4) is 0 Å². The maximum absolute atomic E-state index is 12.1. The maximum atomic E-state index is 12.1. The second kappa shape index (κ2) is 5.97. The zero-order valence-electron chi connectivity index (χ0n) is 10.7. The minimum Gasteiger partial charge on any atom is -0.389 e. The Labute approximate surface area is 117 Å². The molecule has 0 saturated carbocycles. The van der Waals surface area contributed by atoms with Gasteiger partial charge in [-0.1, -0.05) is 12.2 Å². The number of hydrogen-bond donors (Lipinski definition) is 1. The molecule has 1 amide bonds. The molecular weight excluding hydrogens is 262 g/mol. The summed E-state index contributed by atoms with van der Waals surface area (Å²) < 4.78 is 1.37. The number of nitrogens with zero attached hydrogens (tertiary/aromatic N) is 2. The van der Waals surface area contributed by atoms with E-state index in [1.54, 1.807) is 18.3 Å². The van der Waals surface area contributed by atoms with Gasteiger partial charge in [0, 0.05) is 19.3 Å². The highest BCUT2D eigenvalue weighted by Crippen LogP contribution is 2.09. The Morgan fingerprint density at radius 2 is 2.00 bits per heavy atom. The van der Waals surface area contributed by atoms with Crippen LogP contribution in [0.2, 0.25) is 0 Å². The fraction of sp³-hybridized carbons (Fsp3) is 0.462. The second-order valence-electron chi connectivity index (χ2n) is 4.66. The molecule has 1 aliphatic heterocycles. The van der Waals surface area contributed by atoms with Crippen molar-refractivity contribution < 1.29 is 4.79 Å². The summed E-state index contributed by atoms with van der Waals surface area (Å²) in [7, 11) is 0. The van der Waals surface area contributed by atoms with Crippen LogP contribution in [0.5, 0.6) is 0 Å². The molecule has 5 nitrogen and oxygen atoms in total. The summed E-state index contributed by atoms with van der Waals surface area (Å²) in [5.74, 6) is -0.0260. The predicted molar refractivity (Wildman–Crippen MR) is 77.0 cm³/mol. The molecule has 1 fully saturated rings. The highest BCUT2D eigenvalue weighted by molar-refractivity contribution is 7.80. The van der Waals surface area contributed by atoms with Crippen molar-refractivity contribution in [1.29, 1.82) is 0 Å². The molecule has 1 aromatic heterocycles. The first-order chi connectivity index (χ1) is 9.09. The van der Waals surface area contributed by atoms with Crippen molar-refractivity contribution in [3.05, 3.63) is 34.2 Å². The Bertz CT molecular complexity index is 547. The summed E-state index contributed by atoms with van der Waals surface area (Å²) >= 11 is 4.82. The predicted octanol–water partition coefficient (Wildman–Crippen LogP) is 0.495. The Kier molecular flexibility index (Phi) is 4.31. The molecule has 2 rings (SSSR count). The van der Waals surface area contributed by atoms with Crippen LogP contribution in [0, 0.1) is 0 Å². The standard InChI is InChI=1S/C13H17N3O2S/c14-12(19)10-5-4-8-16(13(10)18)9-11(17)15-6-2-1-3-7-15/h4-5,8H,1-3,6-7,9H2,(H2,14,19). The van der Waals surface area contributed by atoms with Gasteiger partial charge in [-0.05, 0) is 31.4 Å². The Morgan fingerprint density at radius 3 is 2.63 bits per heavy atom. The van der Waals surface area contributed by atoms with Crippen LogP contribution >= 0.6 is 12.2 Å². The third kappa shape index (κ3) is 3.20. The fourth-order valence-corrected chi connectivity index (χ4v) is 2.39. The van der Waals surface area contributed by atoms with Crippen molar-refractivity contribution in [2.75, 3.05) is 13.1 Å². The van der Waals surface area contributed by atoms with Gasteiger partial charge in [0.1, 0.15) is 11.5 Å². The van der Waals surface area contributed by atoms with E-state index in [4.69, 9.17) is 18.0 Å². The van der Waals surface area contributed by atoms with Crippen molar-refractivity contribution in [3.63, 3.8) is 0 Å². The van der Waals surface area contributed by atoms with E-state index in [1.807, 2.05) is 4.90 Å². The van der Waals surface area contributed by atoms with Gasteiger partial charge in [0.05, 0.1) is 5.56 Å². The first-order valence-electron chi connectivity index (χ1n) is 6.36. The minimum atomic E-state index is -0.305. The number of carbonyl (C=O) groups excluding carboxylic acids is 1. The van der Waals surface area contributed by atoms with Crippen molar-refractivity contribution in [3.8, 4) is 0 Å². The molecule has 19 heavy (non-hydrogen) atoms. The average Bonchev–Trinajstić information content (AvgIpc) is 2.41. The Hall–Kier alpha value is -1.69. The minimum absolute atomic E-state index is 0.0260. The lowest BCUT2D eigenvalue weighted by Gasteiger charge is -2.26. The molecule has 0 aromatic carbocycles. The van der Waals surface area contributed by atoms with E-state index < -0.39 is 0 Å². The zero-order chi connectivity index (χ0) is 13.8. The lowest BCUT2D eigenvalue weighted by molar-refractivity contribution is -0.132. The third-order valence-electron chi connectivity index (χ3n) is 3.30. The SMILES string of the molecule is NC(=S)c1cccn(CC(=O)N2CCCCC2)c1=O. The molecule has 0 aliphatic carbocycles. The molecule has 6 heteroatoms. The van der Waals surface area contributed by atoms with E-state index in [-0.39, 0.29) is 28.6 Å². The van der Waals surface area contributed by atoms with Gasteiger partial charge in [-0.15, -0.1) is 0 Å². The van der Waals surface area contributed by atoms with Gasteiger partial charge < -0.3 is 15.2 Å². The summed E-state index contributed by atoms with van der Waals surface area (Å²) in [4.78, 5) is 26.0. The summed E-state index contributed by atoms with van der Waals surface area (Å²) in [6.45, 7) is 1.61. The van der Waals surface area contributed by atoms with E-state index in [0.717, 1.165) is 25.9 Å². The molecule has 2 N–H and O–H groups in total. The summed E-state index contributed by atoms with van der Waals surface area (Å²) in [5.41, 5.74) is 5.46. The Balaban J connectivity index is 2.15. The Morgan fingerprint density at radius 1 is 1.32 bits per heavy atom. The molecule has 1 aromatic rings. The van der Waals surface area contributed by atoms with E-state index in [2.05, 4.69) is 0 Å². The molecule has 0 radical (unpaired) electrons. The number of rotatable bonds is 3. The van der Waals surface area contributed by atoms with Crippen LogP contribution in [-0.4, -0.2) is 33.5 Å². The van der Waals surface area contributed by atoms with Crippen LogP contribution in [0.1, 0.15) is 24.8 Å². The molecule has 0 unspecified atom stereocenters. The highest BCUT2D eigenvalue weighted by Gasteiger charge is 2.17. The van der Waals surface area contributed by atoms with E-state index in [0.29, 0.717) is 0 Å². The van der Waals surface area contributed by atoms with Gasteiger partial charge in [-0.2, -0.15) is 0 Å². The van der Waals surface area contributed by atoms with Crippen molar-refractivity contribution in [2.24, 2.45) is 5.73 Å². The smallest absolute Gasteiger partial charge is 0.261 e. The number of likely N-dealkylation sites (tertiary alicyclic amines) is 1. The largest absolute Gasteiger partial charge is 0.389 e. The van der Waals surface area contributed by atoms with E-state index in [1.165, 1.54) is 11.0 Å². The highest BCUT2D eigenvalue weighted by atomic mass is 32.1. The molecule has 1 saturated heterocycles. The van der Waals surface area contributed by atoms with Gasteiger partial charge in [0.15, 0.2) is 0 Å². The van der Waals surface area contributed by atoms with Crippen LogP contribution in [0.15, 0.2) is 23.1 Å². The summed E-state index contributed by atoms with van der Waals surface area (Å²) in [6, 6.07) is 3.26. The van der Waals surface area contributed by atoms with Crippen molar-refractivity contribution in [2.45, 2.75) is 25.8 Å². The number of piperidine rings is 1. The second-order valence-corrected chi connectivity index (χ2v) is 5.10. The first kappa shape index (κ1) is 13.7. The monoisotopic (exact) mass is 279 g/mol. The lowest BCUT2D eigenvalue weighted by Crippen LogP contribution is -2.40. The van der Waals surface area contributed by atoms with E-state index >= 15 is 0 Å². The number of aromatic nitrogens is 1. The van der Waals surface area contributed by atoms with Crippen LogP contribution in [0.4, 0.5) is 0 Å². The molecule has 0 atom stereocenters. The van der Waals surface area contributed by atoms with Gasteiger partial charge in [-0.25, -0.2) is 0 Å².